The van der Waals surface area contributed by atoms with Crippen molar-refractivity contribution >= 4 is 0 Å². The van der Waals surface area contributed by atoms with Crippen LogP contribution in [-0.2, 0) is 17.3 Å². The van der Waals surface area contributed by atoms with E-state index in [2.05, 4.69) is 15.2 Å². The number of nitrogens with zero attached hydrogens (tertiary/aromatic N) is 4. The summed E-state index contributed by atoms with van der Waals surface area (Å²) in [6, 6.07) is 1.80. The van der Waals surface area contributed by atoms with Gasteiger partial charge >= 0.3 is 0 Å². The highest BCUT2D eigenvalue weighted by Crippen LogP contribution is 2.20. The van der Waals surface area contributed by atoms with Gasteiger partial charge in [-0.1, -0.05) is 5.16 Å². The molecule has 0 fully saturated rings. The van der Waals surface area contributed by atoms with E-state index in [0.717, 1.165) is 5.69 Å². The predicted molar refractivity (Wildman–Crippen MR) is 64.5 cm³/mol. The average molecular weight is 251 g/mol. The Morgan fingerprint density at radius 2 is 2.33 bits per heavy atom. The van der Waals surface area contributed by atoms with Crippen LogP contribution in [-0.4, -0.2) is 33.1 Å². The van der Waals surface area contributed by atoms with E-state index >= 15 is 0 Å². The maximum absolute atomic E-state index is 6.10. The second kappa shape index (κ2) is 4.87. The standard InChI is InChI=1S/C11H17N5O2/c1-4-17-7-11(2,12)10-14-9(18-15-10)8-5-6-13-16(8)3/h5-6H,4,7,12H2,1-3H3. The number of hydrogen-bond donors (Lipinski definition) is 1. The van der Waals surface area contributed by atoms with Crippen molar-refractivity contribution in [1.29, 1.82) is 0 Å². The van der Waals surface area contributed by atoms with Crippen LogP contribution < -0.4 is 5.73 Å². The molecule has 0 aliphatic rings. The van der Waals surface area contributed by atoms with Gasteiger partial charge < -0.3 is 15.0 Å². The molecule has 2 aromatic rings. The lowest BCUT2D eigenvalue weighted by atomic mass is 10.1. The molecule has 1 atom stereocenters. The summed E-state index contributed by atoms with van der Waals surface area (Å²) < 4.78 is 12.2. The highest BCUT2D eigenvalue weighted by atomic mass is 16.5. The van der Waals surface area contributed by atoms with E-state index < -0.39 is 5.54 Å². The first kappa shape index (κ1) is 12.7. The summed E-state index contributed by atoms with van der Waals surface area (Å²) in [7, 11) is 1.81. The third-order valence-corrected chi connectivity index (χ3v) is 2.58. The Labute approximate surface area is 105 Å². The van der Waals surface area contributed by atoms with Gasteiger partial charge in [-0.05, 0) is 19.9 Å². The van der Waals surface area contributed by atoms with Crippen LogP contribution in [0.5, 0.6) is 0 Å². The van der Waals surface area contributed by atoms with E-state index in [9.17, 15) is 0 Å². The maximum atomic E-state index is 6.10. The van der Waals surface area contributed by atoms with Crippen LogP contribution >= 0.6 is 0 Å². The van der Waals surface area contributed by atoms with Crippen LogP contribution in [0.4, 0.5) is 0 Å². The molecule has 2 N–H and O–H groups in total. The van der Waals surface area contributed by atoms with E-state index in [1.165, 1.54) is 0 Å². The minimum atomic E-state index is -0.768. The van der Waals surface area contributed by atoms with Crippen LogP contribution in [0.2, 0.25) is 0 Å². The number of ether oxygens (including phenoxy) is 1. The zero-order valence-corrected chi connectivity index (χ0v) is 10.8. The molecular weight excluding hydrogens is 234 g/mol. The summed E-state index contributed by atoms with van der Waals surface area (Å²) in [5, 5.41) is 7.95. The van der Waals surface area contributed by atoms with Crippen molar-refractivity contribution in [2.45, 2.75) is 19.4 Å². The van der Waals surface area contributed by atoms with Crippen LogP contribution in [0.3, 0.4) is 0 Å². The van der Waals surface area contributed by atoms with Gasteiger partial charge in [-0.2, -0.15) is 10.1 Å². The number of aromatic nitrogens is 4. The molecule has 18 heavy (non-hydrogen) atoms. The van der Waals surface area contributed by atoms with E-state index in [1.54, 1.807) is 30.9 Å². The van der Waals surface area contributed by atoms with Gasteiger partial charge in [-0.15, -0.1) is 0 Å². The molecule has 0 aliphatic heterocycles. The predicted octanol–water partition coefficient (Wildman–Crippen LogP) is 0.680. The minimum absolute atomic E-state index is 0.341. The van der Waals surface area contributed by atoms with Gasteiger partial charge in [0.25, 0.3) is 5.89 Å². The zero-order chi connectivity index (χ0) is 13.2. The molecule has 7 nitrogen and oxygen atoms in total. The number of aryl methyl sites for hydroxylation is 1. The Morgan fingerprint density at radius 3 is 2.94 bits per heavy atom. The fourth-order valence-corrected chi connectivity index (χ4v) is 1.52. The van der Waals surface area contributed by atoms with Crippen molar-refractivity contribution in [3.63, 3.8) is 0 Å². The summed E-state index contributed by atoms with van der Waals surface area (Å²) in [5.41, 5.74) is 6.08. The maximum Gasteiger partial charge on any atom is 0.276 e. The van der Waals surface area contributed by atoms with Crippen molar-refractivity contribution in [1.82, 2.24) is 19.9 Å². The Kier molecular flexibility index (Phi) is 3.44. The Hall–Kier alpha value is -1.73. The Balaban J connectivity index is 2.23. The molecule has 0 amide bonds. The molecule has 0 aromatic carbocycles. The van der Waals surface area contributed by atoms with E-state index in [1.807, 2.05) is 6.92 Å². The normalized spacial score (nSPS) is 14.7. The quantitative estimate of drug-likeness (QED) is 0.840. The van der Waals surface area contributed by atoms with Crippen LogP contribution in [0.1, 0.15) is 19.7 Å². The van der Waals surface area contributed by atoms with E-state index in [-0.39, 0.29) is 0 Å². The summed E-state index contributed by atoms with van der Waals surface area (Å²) in [5.74, 6) is 0.824. The average Bonchev–Trinajstić information content (AvgIpc) is 2.94. The van der Waals surface area contributed by atoms with Crippen molar-refractivity contribution in [3.05, 3.63) is 18.1 Å². The monoisotopic (exact) mass is 251 g/mol. The van der Waals surface area contributed by atoms with E-state index in [4.69, 9.17) is 15.0 Å². The molecule has 0 radical (unpaired) electrons. The third-order valence-electron chi connectivity index (χ3n) is 2.58. The van der Waals surface area contributed by atoms with Gasteiger partial charge in [0.15, 0.2) is 5.82 Å². The molecule has 0 saturated carbocycles. The molecule has 7 heteroatoms. The first-order chi connectivity index (χ1) is 8.54. The Morgan fingerprint density at radius 1 is 1.56 bits per heavy atom. The van der Waals surface area contributed by atoms with Gasteiger partial charge in [0.1, 0.15) is 11.2 Å². The van der Waals surface area contributed by atoms with Crippen molar-refractivity contribution in [2.24, 2.45) is 12.8 Å². The topological polar surface area (TPSA) is 92.0 Å². The first-order valence-corrected chi connectivity index (χ1v) is 5.74. The van der Waals surface area contributed by atoms with Crippen molar-refractivity contribution in [3.8, 4) is 11.6 Å². The molecule has 2 heterocycles. The fraction of sp³-hybridized carbons (Fsp3) is 0.545. The molecule has 0 saturated heterocycles. The molecule has 1 unspecified atom stereocenters. The fourth-order valence-electron chi connectivity index (χ4n) is 1.52. The molecule has 98 valence electrons. The van der Waals surface area contributed by atoms with Crippen molar-refractivity contribution < 1.29 is 9.26 Å². The second-order valence-corrected chi connectivity index (χ2v) is 4.32. The van der Waals surface area contributed by atoms with Crippen molar-refractivity contribution in [2.75, 3.05) is 13.2 Å². The van der Waals surface area contributed by atoms with Gasteiger partial charge in [0, 0.05) is 19.9 Å². The summed E-state index contributed by atoms with van der Waals surface area (Å²) in [4.78, 5) is 4.29. The first-order valence-electron chi connectivity index (χ1n) is 5.74. The number of hydrogen-bond acceptors (Lipinski definition) is 6. The van der Waals surface area contributed by atoms with Gasteiger partial charge in [0.05, 0.1) is 6.61 Å². The SMILES string of the molecule is CCOCC(C)(N)c1noc(-c2ccnn2C)n1. The molecule has 2 rings (SSSR count). The lowest BCUT2D eigenvalue weighted by molar-refractivity contribution is 0.0962. The lowest BCUT2D eigenvalue weighted by Crippen LogP contribution is -2.39. The smallest absolute Gasteiger partial charge is 0.276 e. The van der Waals surface area contributed by atoms with Crippen LogP contribution in [0.25, 0.3) is 11.6 Å². The Bertz CT molecular complexity index is 517. The van der Waals surface area contributed by atoms with Crippen LogP contribution in [0.15, 0.2) is 16.8 Å². The molecule has 2 aromatic heterocycles. The lowest BCUT2D eigenvalue weighted by Gasteiger charge is -2.19. The highest BCUT2D eigenvalue weighted by molar-refractivity contribution is 5.46. The van der Waals surface area contributed by atoms with Gasteiger partial charge in [-0.25, -0.2) is 0 Å². The molecular formula is C11H17N5O2. The molecule has 0 bridgehead atoms. The van der Waals surface area contributed by atoms with Gasteiger partial charge in [-0.3, -0.25) is 4.68 Å². The number of rotatable bonds is 5. The van der Waals surface area contributed by atoms with Crippen LogP contribution in [0, 0.1) is 0 Å². The summed E-state index contributed by atoms with van der Waals surface area (Å²) in [6.45, 7) is 4.65. The zero-order valence-electron chi connectivity index (χ0n) is 10.8. The summed E-state index contributed by atoms with van der Waals surface area (Å²) >= 11 is 0. The number of nitrogens with two attached hydrogens (primary N) is 1. The highest BCUT2D eigenvalue weighted by Gasteiger charge is 2.28. The third kappa shape index (κ3) is 2.41. The van der Waals surface area contributed by atoms with E-state index in [0.29, 0.717) is 24.9 Å². The molecule has 0 spiro atoms. The minimum Gasteiger partial charge on any atom is -0.379 e. The largest absolute Gasteiger partial charge is 0.379 e. The summed E-state index contributed by atoms with van der Waals surface area (Å²) in [6.07, 6.45) is 1.67. The molecule has 0 aliphatic carbocycles. The second-order valence-electron chi connectivity index (χ2n) is 4.32. The van der Waals surface area contributed by atoms with Gasteiger partial charge in [0.2, 0.25) is 0 Å².